The van der Waals surface area contributed by atoms with Gasteiger partial charge in [0.2, 0.25) is 0 Å². The van der Waals surface area contributed by atoms with E-state index in [1.807, 2.05) is 6.07 Å². The monoisotopic (exact) mass is 378 g/mol. The van der Waals surface area contributed by atoms with Crippen LogP contribution >= 0.6 is 31.9 Å². The van der Waals surface area contributed by atoms with Crippen LogP contribution in [0.4, 0.5) is 0 Å². The third-order valence-corrected chi connectivity index (χ3v) is 3.96. The normalized spacial score (nSPS) is 12.7. The predicted octanol–water partition coefficient (Wildman–Crippen LogP) is 3.49. The van der Waals surface area contributed by atoms with Crippen molar-refractivity contribution in [2.75, 3.05) is 13.2 Å². The summed E-state index contributed by atoms with van der Waals surface area (Å²) in [5, 5.41) is 12.4. The number of hydrogen-bond acceptors (Lipinski definition) is 3. The molecular formula is C13H20Br2N2O. The Bertz CT molecular complexity index is 355. The molecule has 3 nitrogen and oxygen atoms in total. The molecule has 0 bridgehead atoms. The number of aliphatic hydroxyl groups is 1. The molecule has 0 aromatic carbocycles. The number of nitrogens with one attached hydrogen (secondary N) is 1. The molecule has 102 valence electrons. The lowest BCUT2D eigenvalue weighted by atomic mass is 10.0. The molecule has 5 heteroatoms. The number of aliphatic hydroxyl groups excluding tert-OH is 1. The molecule has 0 radical (unpaired) electrons. The first kappa shape index (κ1) is 16.1. The minimum absolute atomic E-state index is 0.270. The highest BCUT2D eigenvalue weighted by Gasteiger charge is 2.08. The van der Waals surface area contributed by atoms with Gasteiger partial charge < -0.3 is 10.4 Å². The topological polar surface area (TPSA) is 45.1 Å². The largest absolute Gasteiger partial charge is 0.396 e. The highest BCUT2D eigenvalue weighted by Crippen LogP contribution is 2.19. The second-order valence-electron chi connectivity index (χ2n) is 4.38. The van der Waals surface area contributed by atoms with Gasteiger partial charge in [0.25, 0.3) is 0 Å². The zero-order chi connectivity index (χ0) is 13.4. The minimum atomic E-state index is 0.270. The van der Waals surface area contributed by atoms with E-state index in [9.17, 15) is 0 Å². The lowest BCUT2D eigenvalue weighted by Gasteiger charge is -2.15. The smallest absolute Gasteiger partial charge is 0.0684 e. The SMILES string of the molecule is CCCC(CCO)CNCc1ncc(Br)cc1Br. The predicted molar refractivity (Wildman–Crippen MR) is 81.4 cm³/mol. The summed E-state index contributed by atoms with van der Waals surface area (Å²) in [5.41, 5.74) is 1.01. The number of aromatic nitrogens is 1. The van der Waals surface area contributed by atoms with Gasteiger partial charge in [-0.3, -0.25) is 4.98 Å². The molecule has 1 heterocycles. The van der Waals surface area contributed by atoms with Gasteiger partial charge in [-0.1, -0.05) is 13.3 Å². The van der Waals surface area contributed by atoms with E-state index in [-0.39, 0.29) is 6.61 Å². The number of rotatable bonds is 8. The first-order valence-corrected chi connectivity index (χ1v) is 7.87. The van der Waals surface area contributed by atoms with E-state index in [0.29, 0.717) is 5.92 Å². The Morgan fingerprint density at radius 1 is 1.39 bits per heavy atom. The number of halogens is 2. The molecule has 0 saturated carbocycles. The summed E-state index contributed by atoms with van der Waals surface area (Å²) in [5.74, 6) is 0.550. The third kappa shape index (κ3) is 5.78. The summed E-state index contributed by atoms with van der Waals surface area (Å²) in [4.78, 5) is 4.36. The van der Waals surface area contributed by atoms with Crippen LogP contribution < -0.4 is 5.32 Å². The number of pyridine rings is 1. The third-order valence-electron chi connectivity index (χ3n) is 2.84. The maximum absolute atomic E-state index is 9.00. The molecule has 0 fully saturated rings. The fourth-order valence-electron chi connectivity index (χ4n) is 1.91. The minimum Gasteiger partial charge on any atom is -0.396 e. The molecule has 0 spiro atoms. The van der Waals surface area contributed by atoms with Crippen LogP contribution in [0.2, 0.25) is 0 Å². The van der Waals surface area contributed by atoms with E-state index in [1.54, 1.807) is 6.20 Å². The highest BCUT2D eigenvalue weighted by molar-refractivity contribution is 9.11. The van der Waals surface area contributed by atoms with Crippen LogP contribution in [0.1, 0.15) is 31.9 Å². The van der Waals surface area contributed by atoms with Gasteiger partial charge in [-0.05, 0) is 63.2 Å². The van der Waals surface area contributed by atoms with Gasteiger partial charge in [0.1, 0.15) is 0 Å². The summed E-state index contributed by atoms with van der Waals surface area (Å²) in [7, 11) is 0. The molecule has 0 aliphatic carbocycles. The molecule has 1 atom stereocenters. The molecule has 1 aromatic heterocycles. The Balaban J connectivity index is 2.39. The van der Waals surface area contributed by atoms with Crippen molar-refractivity contribution in [2.45, 2.75) is 32.7 Å². The van der Waals surface area contributed by atoms with Crippen molar-refractivity contribution in [3.05, 3.63) is 26.9 Å². The van der Waals surface area contributed by atoms with E-state index in [1.165, 1.54) is 0 Å². The number of nitrogens with zero attached hydrogens (tertiary/aromatic N) is 1. The van der Waals surface area contributed by atoms with Gasteiger partial charge in [0.05, 0.1) is 5.69 Å². The van der Waals surface area contributed by atoms with Crippen LogP contribution in [-0.4, -0.2) is 23.2 Å². The van der Waals surface area contributed by atoms with Gasteiger partial charge in [-0.2, -0.15) is 0 Å². The standard InChI is InChI=1S/C13H20Br2N2O/c1-2-3-10(4-5-18)7-16-9-13-12(15)6-11(14)8-17-13/h6,8,10,16,18H,2-5,7,9H2,1H3. The average Bonchev–Trinajstić information content (AvgIpc) is 2.32. The Morgan fingerprint density at radius 2 is 2.17 bits per heavy atom. The van der Waals surface area contributed by atoms with E-state index in [2.05, 4.69) is 49.1 Å². The maximum atomic E-state index is 9.00. The summed E-state index contributed by atoms with van der Waals surface area (Å²) >= 11 is 6.89. The van der Waals surface area contributed by atoms with Crippen molar-refractivity contribution < 1.29 is 5.11 Å². The molecule has 0 saturated heterocycles. The molecule has 1 rings (SSSR count). The van der Waals surface area contributed by atoms with Gasteiger partial charge in [-0.25, -0.2) is 0 Å². The van der Waals surface area contributed by atoms with Crippen molar-refractivity contribution in [2.24, 2.45) is 5.92 Å². The van der Waals surface area contributed by atoms with Gasteiger partial charge in [0.15, 0.2) is 0 Å². The van der Waals surface area contributed by atoms with Gasteiger partial charge in [-0.15, -0.1) is 0 Å². The fourth-order valence-corrected chi connectivity index (χ4v) is 3.03. The summed E-state index contributed by atoms with van der Waals surface area (Å²) < 4.78 is 1.99. The van der Waals surface area contributed by atoms with Crippen LogP contribution in [-0.2, 0) is 6.54 Å². The molecule has 2 N–H and O–H groups in total. The van der Waals surface area contributed by atoms with Crippen LogP contribution in [0.25, 0.3) is 0 Å². The molecule has 0 aliphatic heterocycles. The second kappa shape index (κ2) is 9.02. The van der Waals surface area contributed by atoms with Crippen molar-refractivity contribution in [1.29, 1.82) is 0 Å². The van der Waals surface area contributed by atoms with Crippen molar-refractivity contribution >= 4 is 31.9 Å². The first-order valence-electron chi connectivity index (χ1n) is 6.28. The maximum Gasteiger partial charge on any atom is 0.0684 e. The second-order valence-corrected chi connectivity index (χ2v) is 6.15. The first-order chi connectivity index (χ1) is 8.67. The quantitative estimate of drug-likeness (QED) is 0.726. The molecule has 18 heavy (non-hydrogen) atoms. The molecule has 1 aromatic rings. The van der Waals surface area contributed by atoms with Crippen molar-refractivity contribution in [1.82, 2.24) is 10.3 Å². The Morgan fingerprint density at radius 3 is 2.78 bits per heavy atom. The Kier molecular flexibility index (Phi) is 8.06. The lowest BCUT2D eigenvalue weighted by molar-refractivity contribution is 0.248. The Hall–Kier alpha value is 0.0300. The zero-order valence-electron chi connectivity index (χ0n) is 10.6. The van der Waals surface area contributed by atoms with Crippen LogP contribution in [0.3, 0.4) is 0 Å². The van der Waals surface area contributed by atoms with Crippen molar-refractivity contribution in [3.8, 4) is 0 Å². The zero-order valence-corrected chi connectivity index (χ0v) is 13.8. The van der Waals surface area contributed by atoms with Crippen LogP contribution in [0.5, 0.6) is 0 Å². The van der Waals surface area contributed by atoms with Crippen LogP contribution in [0.15, 0.2) is 21.2 Å². The van der Waals surface area contributed by atoms with Gasteiger partial charge >= 0.3 is 0 Å². The van der Waals surface area contributed by atoms with E-state index in [0.717, 1.165) is 47.0 Å². The van der Waals surface area contributed by atoms with E-state index >= 15 is 0 Å². The van der Waals surface area contributed by atoms with Gasteiger partial charge in [0, 0.05) is 28.3 Å². The summed E-state index contributed by atoms with van der Waals surface area (Å²) in [6.45, 7) is 4.13. The van der Waals surface area contributed by atoms with E-state index in [4.69, 9.17) is 5.11 Å². The fraction of sp³-hybridized carbons (Fsp3) is 0.615. The summed E-state index contributed by atoms with van der Waals surface area (Å²) in [6.07, 6.45) is 4.99. The van der Waals surface area contributed by atoms with E-state index < -0.39 is 0 Å². The number of hydrogen-bond donors (Lipinski definition) is 2. The molecular weight excluding hydrogens is 360 g/mol. The molecule has 0 amide bonds. The summed E-state index contributed by atoms with van der Waals surface area (Å²) in [6, 6.07) is 2.00. The highest BCUT2D eigenvalue weighted by atomic mass is 79.9. The molecule has 0 aliphatic rings. The van der Waals surface area contributed by atoms with Crippen LogP contribution in [0, 0.1) is 5.92 Å². The Labute approximate surface area is 126 Å². The average molecular weight is 380 g/mol. The molecule has 1 unspecified atom stereocenters. The lowest BCUT2D eigenvalue weighted by Crippen LogP contribution is -2.23. The van der Waals surface area contributed by atoms with Crippen molar-refractivity contribution in [3.63, 3.8) is 0 Å².